The van der Waals surface area contributed by atoms with Crippen molar-refractivity contribution in [2.45, 2.75) is 12.5 Å². The van der Waals surface area contributed by atoms with Crippen molar-refractivity contribution in [2.75, 3.05) is 13.7 Å². The molecule has 0 spiro atoms. The predicted molar refractivity (Wildman–Crippen MR) is 76.0 cm³/mol. The molecule has 0 aliphatic rings. The standard InChI is InChI=1S/C13H17N3O3S/c1-16-8-9(13(15-16)19-2)12(18)14-6-5-10(17)11-4-3-7-20-11/h3-4,7-8,10,17H,5-6H2,1-2H3,(H,14,18). The summed E-state index contributed by atoms with van der Waals surface area (Å²) in [7, 11) is 3.19. The fourth-order valence-corrected chi connectivity index (χ4v) is 2.56. The van der Waals surface area contributed by atoms with Gasteiger partial charge in [0.2, 0.25) is 5.88 Å². The highest BCUT2D eigenvalue weighted by atomic mass is 32.1. The fraction of sp³-hybridized carbons (Fsp3) is 0.385. The molecule has 20 heavy (non-hydrogen) atoms. The van der Waals surface area contributed by atoms with Gasteiger partial charge in [0.25, 0.3) is 5.91 Å². The number of nitrogens with one attached hydrogen (secondary N) is 1. The molecule has 7 heteroatoms. The van der Waals surface area contributed by atoms with Crippen molar-refractivity contribution >= 4 is 17.2 Å². The van der Waals surface area contributed by atoms with E-state index in [2.05, 4.69) is 10.4 Å². The van der Waals surface area contributed by atoms with Gasteiger partial charge in [-0.25, -0.2) is 0 Å². The molecular weight excluding hydrogens is 278 g/mol. The summed E-state index contributed by atoms with van der Waals surface area (Å²) in [6.45, 7) is 0.385. The third kappa shape index (κ3) is 3.37. The molecule has 0 radical (unpaired) electrons. The van der Waals surface area contributed by atoms with Crippen LogP contribution in [0.15, 0.2) is 23.7 Å². The summed E-state index contributed by atoms with van der Waals surface area (Å²) >= 11 is 1.50. The van der Waals surface area contributed by atoms with Crippen LogP contribution in [-0.4, -0.2) is 34.4 Å². The number of methoxy groups -OCH3 is 1. The quantitative estimate of drug-likeness (QED) is 0.843. The molecule has 0 bridgehead atoms. The van der Waals surface area contributed by atoms with Crippen LogP contribution in [0.2, 0.25) is 0 Å². The molecule has 1 amide bonds. The van der Waals surface area contributed by atoms with Crippen LogP contribution >= 0.6 is 11.3 Å². The second-order valence-corrected chi connectivity index (χ2v) is 5.28. The number of aromatic nitrogens is 2. The van der Waals surface area contributed by atoms with Gasteiger partial charge in [0.05, 0.1) is 13.2 Å². The van der Waals surface area contributed by atoms with E-state index in [0.29, 0.717) is 24.4 Å². The van der Waals surface area contributed by atoms with Crippen molar-refractivity contribution in [3.05, 3.63) is 34.2 Å². The number of nitrogens with zero attached hydrogens (tertiary/aromatic N) is 2. The molecule has 6 nitrogen and oxygen atoms in total. The summed E-state index contributed by atoms with van der Waals surface area (Å²) in [6, 6.07) is 3.77. The molecule has 0 aromatic carbocycles. The molecule has 0 aliphatic heterocycles. The Balaban J connectivity index is 1.86. The summed E-state index contributed by atoms with van der Waals surface area (Å²) in [5, 5.41) is 18.6. The maximum absolute atomic E-state index is 12.0. The Hall–Kier alpha value is -1.86. The number of rotatable bonds is 6. The maximum atomic E-state index is 12.0. The second kappa shape index (κ2) is 6.53. The first-order chi connectivity index (χ1) is 9.61. The van der Waals surface area contributed by atoms with Gasteiger partial charge in [-0.1, -0.05) is 6.07 Å². The molecule has 2 N–H and O–H groups in total. The molecule has 2 aromatic rings. The van der Waals surface area contributed by atoms with Crippen molar-refractivity contribution in [3.63, 3.8) is 0 Å². The number of thiophene rings is 1. The van der Waals surface area contributed by atoms with Crippen LogP contribution in [0.25, 0.3) is 0 Å². The molecule has 0 saturated carbocycles. The van der Waals surface area contributed by atoms with Gasteiger partial charge < -0.3 is 15.2 Å². The third-order valence-corrected chi connectivity index (χ3v) is 3.78. The van der Waals surface area contributed by atoms with E-state index in [4.69, 9.17) is 4.74 Å². The zero-order valence-electron chi connectivity index (χ0n) is 11.4. The number of hydrogen-bond donors (Lipinski definition) is 2. The Kier molecular flexibility index (Phi) is 4.75. The van der Waals surface area contributed by atoms with Gasteiger partial charge in [-0.2, -0.15) is 0 Å². The first-order valence-electron chi connectivity index (χ1n) is 6.19. The normalized spacial score (nSPS) is 12.2. The summed E-state index contributed by atoms with van der Waals surface area (Å²) in [6.07, 6.45) is 1.52. The summed E-state index contributed by atoms with van der Waals surface area (Å²) in [5.74, 6) is 0.0390. The summed E-state index contributed by atoms with van der Waals surface area (Å²) in [4.78, 5) is 12.9. The first kappa shape index (κ1) is 14.5. The molecule has 1 atom stereocenters. The number of ether oxygens (including phenoxy) is 1. The molecule has 0 saturated heterocycles. The van der Waals surface area contributed by atoms with Crippen molar-refractivity contribution < 1.29 is 14.6 Å². The van der Waals surface area contributed by atoms with Crippen molar-refractivity contribution in [1.82, 2.24) is 15.1 Å². The number of aliphatic hydroxyl groups excluding tert-OH is 1. The number of aliphatic hydroxyl groups is 1. The highest BCUT2D eigenvalue weighted by molar-refractivity contribution is 7.10. The molecule has 0 aliphatic carbocycles. The zero-order valence-corrected chi connectivity index (χ0v) is 12.2. The van der Waals surface area contributed by atoms with Gasteiger partial charge in [-0.15, -0.1) is 16.4 Å². The zero-order chi connectivity index (χ0) is 14.5. The van der Waals surface area contributed by atoms with Gasteiger partial charge >= 0.3 is 0 Å². The average molecular weight is 295 g/mol. The van der Waals surface area contributed by atoms with E-state index in [1.165, 1.54) is 23.1 Å². The van der Waals surface area contributed by atoms with Crippen LogP contribution < -0.4 is 10.1 Å². The molecule has 2 aromatic heterocycles. The molecule has 108 valence electrons. The Morgan fingerprint density at radius 2 is 2.45 bits per heavy atom. The molecule has 1 unspecified atom stereocenters. The number of carbonyl (C=O) groups is 1. The van der Waals surface area contributed by atoms with Crippen molar-refractivity contribution in [3.8, 4) is 5.88 Å². The lowest BCUT2D eigenvalue weighted by molar-refractivity contribution is 0.0940. The first-order valence-corrected chi connectivity index (χ1v) is 7.07. The van der Waals surface area contributed by atoms with Crippen LogP contribution in [-0.2, 0) is 7.05 Å². The second-order valence-electron chi connectivity index (χ2n) is 4.30. The number of carbonyl (C=O) groups excluding carboxylic acids is 1. The van der Waals surface area contributed by atoms with E-state index in [9.17, 15) is 9.90 Å². The number of amides is 1. The van der Waals surface area contributed by atoms with Crippen LogP contribution in [0.1, 0.15) is 27.8 Å². The van der Waals surface area contributed by atoms with E-state index in [0.717, 1.165) is 4.88 Å². The predicted octanol–water partition coefficient (Wildman–Crippen LogP) is 1.34. The third-order valence-electron chi connectivity index (χ3n) is 2.81. The van der Waals surface area contributed by atoms with Gasteiger partial charge in [0.1, 0.15) is 5.56 Å². The minimum atomic E-state index is -0.550. The molecule has 2 rings (SSSR count). The monoisotopic (exact) mass is 295 g/mol. The Morgan fingerprint density at radius 1 is 1.65 bits per heavy atom. The number of hydrogen-bond acceptors (Lipinski definition) is 5. The van der Waals surface area contributed by atoms with Crippen molar-refractivity contribution in [1.29, 1.82) is 0 Å². The van der Waals surface area contributed by atoms with E-state index in [-0.39, 0.29) is 5.91 Å². The average Bonchev–Trinajstić information content (AvgIpc) is 3.07. The Morgan fingerprint density at radius 3 is 3.10 bits per heavy atom. The van der Waals surface area contributed by atoms with Gasteiger partial charge in [-0.3, -0.25) is 9.48 Å². The lowest BCUT2D eigenvalue weighted by Crippen LogP contribution is -2.25. The van der Waals surface area contributed by atoms with Crippen LogP contribution in [0.3, 0.4) is 0 Å². The Labute approximate surface area is 121 Å². The van der Waals surface area contributed by atoms with E-state index >= 15 is 0 Å². The van der Waals surface area contributed by atoms with Gasteiger partial charge in [0.15, 0.2) is 0 Å². The minimum Gasteiger partial charge on any atom is -0.479 e. The largest absolute Gasteiger partial charge is 0.479 e. The van der Waals surface area contributed by atoms with Gasteiger partial charge in [-0.05, 0) is 17.9 Å². The smallest absolute Gasteiger partial charge is 0.258 e. The van der Waals surface area contributed by atoms with E-state index in [1.807, 2.05) is 17.5 Å². The lowest BCUT2D eigenvalue weighted by Gasteiger charge is -2.09. The molecule has 0 fully saturated rings. The topological polar surface area (TPSA) is 76.4 Å². The lowest BCUT2D eigenvalue weighted by atomic mass is 10.2. The van der Waals surface area contributed by atoms with E-state index in [1.54, 1.807) is 13.2 Å². The SMILES string of the molecule is COc1nn(C)cc1C(=O)NCCC(O)c1cccs1. The van der Waals surface area contributed by atoms with Gasteiger partial charge in [0, 0.05) is 24.7 Å². The highest BCUT2D eigenvalue weighted by Gasteiger charge is 2.16. The number of aryl methyl sites for hydroxylation is 1. The highest BCUT2D eigenvalue weighted by Crippen LogP contribution is 2.21. The molecule has 2 heterocycles. The maximum Gasteiger partial charge on any atom is 0.258 e. The summed E-state index contributed by atoms with van der Waals surface area (Å²) < 4.78 is 6.56. The molecular formula is C13H17N3O3S. The van der Waals surface area contributed by atoms with Crippen LogP contribution in [0, 0.1) is 0 Å². The fourth-order valence-electron chi connectivity index (χ4n) is 1.82. The Bertz CT molecular complexity index is 565. The summed E-state index contributed by atoms with van der Waals surface area (Å²) in [5.41, 5.74) is 0.389. The van der Waals surface area contributed by atoms with Crippen LogP contribution in [0.4, 0.5) is 0 Å². The van der Waals surface area contributed by atoms with Crippen molar-refractivity contribution in [2.24, 2.45) is 7.05 Å². The minimum absolute atomic E-state index is 0.256. The van der Waals surface area contributed by atoms with Crippen LogP contribution in [0.5, 0.6) is 5.88 Å². The van der Waals surface area contributed by atoms with E-state index < -0.39 is 6.10 Å².